The maximum absolute atomic E-state index is 11.5. The van der Waals surface area contributed by atoms with Gasteiger partial charge in [0.1, 0.15) is 5.69 Å². The van der Waals surface area contributed by atoms with E-state index in [2.05, 4.69) is 4.90 Å². The summed E-state index contributed by atoms with van der Waals surface area (Å²) in [5.41, 5.74) is 0.311. The molecule has 2 rings (SSSR count). The molecule has 1 aliphatic heterocycles. The molecule has 20 heavy (non-hydrogen) atoms. The molecule has 1 aromatic rings. The van der Waals surface area contributed by atoms with Crippen LogP contribution < -0.4 is 4.90 Å². The van der Waals surface area contributed by atoms with E-state index in [-0.39, 0.29) is 10.6 Å². The molecule has 1 aliphatic rings. The first-order valence-corrected chi connectivity index (χ1v) is 7.99. The highest BCUT2D eigenvalue weighted by Crippen LogP contribution is 2.34. The molecule has 1 aromatic carbocycles. The van der Waals surface area contributed by atoms with Crippen LogP contribution in [0.15, 0.2) is 23.1 Å². The fraction of sp³-hybridized carbons (Fsp3) is 0.500. The molecular formula is C12H17N3O4S. The Balaban J connectivity index is 2.33. The number of likely N-dealkylation sites (N-methyl/N-ethyl adjacent to an activating group) is 1. The minimum absolute atomic E-state index is 0.0300. The molecule has 0 N–H and O–H groups in total. The van der Waals surface area contributed by atoms with Crippen molar-refractivity contribution in [3.8, 4) is 0 Å². The van der Waals surface area contributed by atoms with Gasteiger partial charge in [0, 0.05) is 31.5 Å². The number of nitro benzene ring substituents is 1. The molecule has 8 heteroatoms. The van der Waals surface area contributed by atoms with Gasteiger partial charge in [-0.3, -0.25) is 10.1 Å². The van der Waals surface area contributed by atoms with E-state index in [1.54, 1.807) is 0 Å². The summed E-state index contributed by atoms with van der Waals surface area (Å²) in [5.74, 6) is 0. The highest BCUT2D eigenvalue weighted by molar-refractivity contribution is 7.90. The number of hydrogen-bond acceptors (Lipinski definition) is 6. The van der Waals surface area contributed by atoms with E-state index in [0.29, 0.717) is 24.8 Å². The average Bonchev–Trinajstić information content (AvgIpc) is 2.24. The molecule has 7 nitrogen and oxygen atoms in total. The third-order valence-corrected chi connectivity index (χ3v) is 4.62. The van der Waals surface area contributed by atoms with Crippen molar-refractivity contribution in [3.63, 3.8) is 0 Å². The summed E-state index contributed by atoms with van der Waals surface area (Å²) >= 11 is 0. The first kappa shape index (κ1) is 14.7. The number of sulfone groups is 1. The predicted molar refractivity (Wildman–Crippen MR) is 75.9 cm³/mol. The lowest BCUT2D eigenvalue weighted by Crippen LogP contribution is -2.57. The van der Waals surface area contributed by atoms with Gasteiger partial charge in [0.15, 0.2) is 9.84 Å². The van der Waals surface area contributed by atoms with Crippen LogP contribution in [0.1, 0.15) is 0 Å². The van der Waals surface area contributed by atoms with E-state index in [4.69, 9.17) is 0 Å². The Kier molecular flexibility index (Phi) is 3.70. The SMILES string of the molecule is CN(C)C1CN(c2ccc(S(C)(=O)=O)cc2[N+](=O)[O-])C1. The second-order valence-corrected chi connectivity index (χ2v) is 7.22. The maximum Gasteiger partial charge on any atom is 0.293 e. The molecule has 0 radical (unpaired) electrons. The summed E-state index contributed by atoms with van der Waals surface area (Å²) in [6.45, 7) is 1.40. The fourth-order valence-electron chi connectivity index (χ4n) is 2.13. The topological polar surface area (TPSA) is 83.8 Å². The number of nitro groups is 1. The lowest BCUT2D eigenvalue weighted by molar-refractivity contribution is -0.384. The second-order valence-electron chi connectivity index (χ2n) is 5.20. The summed E-state index contributed by atoms with van der Waals surface area (Å²) in [5, 5.41) is 11.1. The number of nitrogens with zero attached hydrogens (tertiary/aromatic N) is 3. The Morgan fingerprint density at radius 1 is 1.35 bits per heavy atom. The van der Waals surface area contributed by atoms with Crippen LogP contribution in [-0.2, 0) is 9.84 Å². The fourth-order valence-corrected chi connectivity index (χ4v) is 2.77. The van der Waals surface area contributed by atoms with Gasteiger partial charge < -0.3 is 9.80 Å². The molecule has 1 fully saturated rings. The normalized spacial score (nSPS) is 16.3. The van der Waals surface area contributed by atoms with Crippen LogP contribution in [-0.4, -0.2) is 57.7 Å². The van der Waals surface area contributed by atoms with E-state index in [1.165, 1.54) is 12.1 Å². The standard InChI is InChI=1S/C12H17N3O4S/c1-13(2)9-7-14(8-9)11-5-4-10(20(3,18)19)6-12(11)15(16)17/h4-6,9H,7-8H2,1-3H3. The number of hydrogen-bond donors (Lipinski definition) is 0. The van der Waals surface area contributed by atoms with Gasteiger partial charge in [-0.2, -0.15) is 0 Å². The van der Waals surface area contributed by atoms with E-state index in [1.807, 2.05) is 19.0 Å². The zero-order valence-electron chi connectivity index (χ0n) is 11.6. The largest absolute Gasteiger partial charge is 0.363 e. The van der Waals surface area contributed by atoms with Crippen LogP contribution in [0.2, 0.25) is 0 Å². The Labute approximate surface area is 117 Å². The smallest absolute Gasteiger partial charge is 0.293 e. The Hall–Kier alpha value is -1.67. The van der Waals surface area contributed by atoms with Crippen molar-refractivity contribution in [3.05, 3.63) is 28.3 Å². The van der Waals surface area contributed by atoms with Gasteiger partial charge in [-0.25, -0.2) is 8.42 Å². The second kappa shape index (κ2) is 5.02. The number of anilines is 1. The van der Waals surface area contributed by atoms with Gasteiger partial charge in [-0.1, -0.05) is 0 Å². The van der Waals surface area contributed by atoms with Gasteiger partial charge >= 0.3 is 0 Å². The molecular weight excluding hydrogens is 282 g/mol. The third kappa shape index (κ3) is 2.75. The minimum atomic E-state index is -3.45. The molecule has 0 aliphatic carbocycles. The lowest BCUT2D eigenvalue weighted by Gasteiger charge is -2.43. The van der Waals surface area contributed by atoms with Crippen molar-refractivity contribution < 1.29 is 13.3 Å². The molecule has 110 valence electrons. The van der Waals surface area contributed by atoms with Crippen molar-refractivity contribution in [2.24, 2.45) is 0 Å². The van der Waals surface area contributed by atoms with Gasteiger partial charge in [0.2, 0.25) is 0 Å². The van der Waals surface area contributed by atoms with Crippen LogP contribution in [0.4, 0.5) is 11.4 Å². The van der Waals surface area contributed by atoms with Crippen molar-refractivity contribution >= 4 is 21.2 Å². The van der Waals surface area contributed by atoms with Crippen molar-refractivity contribution in [1.29, 1.82) is 0 Å². The van der Waals surface area contributed by atoms with Crippen LogP contribution in [0, 0.1) is 10.1 Å². The Morgan fingerprint density at radius 2 is 1.95 bits per heavy atom. The minimum Gasteiger partial charge on any atom is -0.363 e. The lowest BCUT2D eigenvalue weighted by atomic mass is 10.1. The first-order chi connectivity index (χ1) is 9.20. The van der Waals surface area contributed by atoms with E-state index >= 15 is 0 Å². The molecule has 0 spiro atoms. The van der Waals surface area contributed by atoms with Crippen molar-refractivity contribution in [2.45, 2.75) is 10.9 Å². The summed E-state index contributed by atoms with van der Waals surface area (Å²) < 4.78 is 22.9. The van der Waals surface area contributed by atoms with Crippen molar-refractivity contribution in [1.82, 2.24) is 4.90 Å². The van der Waals surface area contributed by atoms with E-state index < -0.39 is 14.8 Å². The zero-order chi connectivity index (χ0) is 15.1. The Bertz CT molecular complexity index is 636. The van der Waals surface area contributed by atoms with Gasteiger partial charge in [0.05, 0.1) is 9.82 Å². The molecule has 1 saturated heterocycles. The van der Waals surface area contributed by atoms with Crippen LogP contribution in [0.3, 0.4) is 0 Å². The van der Waals surface area contributed by atoms with E-state index in [9.17, 15) is 18.5 Å². The van der Waals surface area contributed by atoms with Gasteiger partial charge in [-0.15, -0.1) is 0 Å². The molecule has 0 bridgehead atoms. The first-order valence-electron chi connectivity index (χ1n) is 6.10. The highest BCUT2D eigenvalue weighted by Gasteiger charge is 2.33. The van der Waals surface area contributed by atoms with Gasteiger partial charge in [-0.05, 0) is 26.2 Å². The molecule has 0 saturated carbocycles. The van der Waals surface area contributed by atoms with Crippen LogP contribution >= 0.6 is 0 Å². The molecule has 0 aromatic heterocycles. The zero-order valence-corrected chi connectivity index (χ0v) is 12.4. The van der Waals surface area contributed by atoms with Crippen LogP contribution in [0.5, 0.6) is 0 Å². The average molecular weight is 299 g/mol. The maximum atomic E-state index is 11.5. The quantitative estimate of drug-likeness (QED) is 0.602. The third-order valence-electron chi connectivity index (χ3n) is 3.50. The molecule has 0 unspecified atom stereocenters. The summed E-state index contributed by atoms with van der Waals surface area (Å²) in [6, 6.07) is 4.43. The number of benzene rings is 1. The molecule has 0 amide bonds. The summed E-state index contributed by atoms with van der Waals surface area (Å²) in [7, 11) is 0.478. The van der Waals surface area contributed by atoms with E-state index in [0.717, 1.165) is 12.3 Å². The summed E-state index contributed by atoms with van der Waals surface area (Å²) in [4.78, 5) is 14.5. The molecule has 1 heterocycles. The highest BCUT2D eigenvalue weighted by atomic mass is 32.2. The van der Waals surface area contributed by atoms with Crippen molar-refractivity contribution in [2.75, 3.05) is 38.3 Å². The number of rotatable bonds is 4. The Morgan fingerprint density at radius 3 is 2.40 bits per heavy atom. The molecule has 0 atom stereocenters. The predicted octanol–water partition coefficient (Wildman–Crippen LogP) is 0.749. The summed E-state index contributed by atoms with van der Waals surface area (Å²) in [6.07, 6.45) is 1.04. The monoisotopic (exact) mass is 299 g/mol. The van der Waals surface area contributed by atoms with Gasteiger partial charge in [0.25, 0.3) is 5.69 Å². The van der Waals surface area contributed by atoms with Crippen LogP contribution in [0.25, 0.3) is 0 Å².